The maximum absolute atomic E-state index is 13.4. The second-order valence-corrected chi connectivity index (χ2v) is 7.58. The Morgan fingerprint density at radius 3 is 2.42 bits per heavy atom. The van der Waals surface area contributed by atoms with Gasteiger partial charge in [0.1, 0.15) is 11.6 Å². The first-order valence-electron chi connectivity index (χ1n) is 8.58. The number of carbonyl (C=O) groups is 3. The zero-order chi connectivity index (χ0) is 18.9. The molecule has 1 saturated heterocycles. The molecule has 8 heteroatoms. The molecule has 140 valence electrons. The highest BCUT2D eigenvalue weighted by atomic mass is 79.9. The lowest BCUT2D eigenvalue weighted by atomic mass is 9.99. The fourth-order valence-corrected chi connectivity index (χ4v) is 3.83. The number of carboxylic acid groups (broad SMARTS) is 1. The Morgan fingerprint density at radius 1 is 1.23 bits per heavy atom. The average Bonchev–Trinajstić information content (AvgIpc) is 3.44. The van der Waals surface area contributed by atoms with Crippen molar-refractivity contribution in [3.63, 3.8) is 0 Å². The highest BCUT2D eigenvalue weighted by Gasteiger charge is 2.59. The molecular weight excluding hydrogens is 404 g/mol. The number of methoxy groups -OCH3 is 1. The number of amides is 2. The maximum atomic E-state index is 13.4. The molecule has 1 aromatic rings. The van der Waals surface area contributed by atoms with Crippen molar-refractivity contribution < 1.29 is 24.2 Å². The van der Waals surface area contributed by atoms with Crippen molar-refractivity contribution in [2.75, 3.05) is 18.6 Å². The summed E-state index contributed by atoms with van der Waals surface area (Å²) in [5, 5.41) is 9.48. The van der Waals surface area contributed by atoms with Crippen molar-refractivity contribution in [1.29, 1.82) is 0 Å². The summed E-state index contributed by atoms with van der Waals surface area (Å²) < 4.78 is 5.79. The SMILES string of the molecule is COC(=O)C1(N(C(=O)C2CCCCN2C(=O)O)c2ccc(Br)cc2)CC1. The van der Waals surface area contributed by atoms with Crippen LogP contribution in [0, 0.1) is 0 Å². The van der Waals surface area contributed by atoms with Crippen LogP contribution in [0.1, 0.15) is 32.1 Å². The molecule has 0 radical (unpaired) electrons. The van der Waals surface area contributed by atoms with E-state index in [-0.39, 0.29) is 5.91 Å². The normalized spacial score (nSPS) is 21.0. The zero-order valence-electron chi connectivity index (χ0n) is 14.5. The minimum atomic E-state index is -1.11. The van der Waals surface area contributed by atoms with Gasteiger partial charge in [0.05, 0.1) is 7.11 Å². The lowest BCUT2D eigenvalue weighted by Crippen LogP contribution is -2.58. The molecule has 0 spiro atoms. The second-order valence-electron chi connectivity index (χ2n) is 6.66. The van der Waals surface area contributed by atoms with Crippen LogP contribution in [0.2, 0.25) is 0 Å². The van der Waals surface area contributed by atoms with Crippen LogP contribution in [0.4, 0.5) is 10.5 Å². The third kappa shape index (κ3) is 3.30. The van der Waals surface area contributed by atoms with E-state index < -0.39 is 23.6 Å². The second kappa shape index (κ2) is 7.26. The Bertz CT molecular complexity index is 717. The van der Waals surface area contributed by atoms with E-state index in [2.05, 4.69) is 15.9 Å². The molecule has 2 fully saturated rings. The van der Waals surface area contributed by atoms with Gasteiger partial charge in [0, 0.05) is 16.7 Å². The Kier molecular flexibility index (Phi) is 5.22. The van der Waals surface area contributed by atoms with Crippen LogP contribution in [0.5, 0.6) is 0 Å². The number of rotatable bonds is 4. The third-order valence-electron chi connectivity index (χ3n) is 5.06. The highest BCUT2D eigenvalue weighted by molar-refractivity contribution is 9.10. The third-order valence-corrected chi connectivity index (χ3v) is 5.58. The molecule has 1 unspecified atom stereocenters. The number of likely N-dealkylation sites (tertiary alicyclic amines) is 1. The van der Waals surface area contributed by atoms with Gasteiger partial charge in [-0.2, -0.15) is 0 Å². The van der Waals surface area contributed by atoms with Crippen molar-refractivity contribution in [1.82, 2.24) is 4.90 Å². The van der Waals surface area contributed by atoms with E-state index in [1.165, 1.54) is 16.9 Å². The Hall–Kier alpha value is -2.09. The summed E-state index contributed by atoms with van der Waals surface area (Å²) in [6.45, 7) is 0.325. The van der Waals surface area contributed by atoms with E-state index in [1.54, 1.807) is 24.3 Å². The summed E-state index contributed by atoms with van der Waals surface area (Å²) in [6, 6.07) is 6.29. The standard InChI is InChI=1S/C18H21BrN2O5/c1-26-16(23)18(9-10-18)21(13-7-5-12(19)6-8-13)15(22)14-4-2-3-11-20(14)17(24)25/h5-8,14H,2-4,9-11H2,1H3,(H,24,25). The molecule has 1 aromatic carbocycles. The van der Waals surface area contributed by atoms with Crippen LogP contribution in [0.3, 0.4) is 0 Å². The first-order chi connectivity index (χ1) is 12.4. The van der Waals surface area contributed by atoms with E-state index in [0.29, 0.717) is 31.5 Å². The number of anilines is 1. The summed E-state index contributed by atoms with van der Waals surface area (Å²) in [5.74, 6) is -0.830. The number of benzene rings is 1. The maximum Gasteiger partial charge on any atom is 0.407 e. The largest absolute Gasteiger partial charge is 0.467 e. The minimum absolute atomic E-state index is 0.325. The first kappa shape index (κ1) is 18.7. The topological polar surface area (TPSA) is 87.2 Å². The Morgan fingerprint density at radius 2 is 1.88 bits per heavy atom. The monoisotopic (exact) mass is 424 g/mol. The minimum Gasteiger partial charge on any atom is -0.467 e. The van der Waals surface area contributed by atoms with Gasteiger partial charge in [0.15, 0.2) is 0 Å². The van der Waals surface area contributed by atoms with Crippen LogP contribution in [0.25, 0.3) is 0 Å². The van der Waals surface area contributed by atoms with Crippen LogP contribution in [-0.2, 0) is 14.3 Å². The predicted molar refractivity (Wildman–Crippen MR) is 98.0 cm³/mol. The van der Waals surface area contributed by atoms with Gasteiger partial charge in [-0.15, -0.1) is 0 Å². The van der Waals surface area contributed by atoms with Gasteiger partial charge >= 0.3 is 12.1 Å². The number of nitrogens with zero attached hydrogens (tertiary/aromatic N) is 2. The molecule has 3 rings (SSSR count). The summed E-state index contributed by atoms with van der Waals surface area (Å²) >= 11 is 3.36. The molecule has 2 aliphatic rings. The van der Waals surface area contributed by atoms with E-state index in [0.717, 1.165) is 17.3 Å². The van der Waals surface area contributed by atoms with Crippen molar-refractivity contribution in [2.45, 2.75) is 43.7 Å². The molecule has 1 heterocycles. The number of hydrogen-bond donors (Lipinski definition) is 1. The molecule has 1 aliphatic carbocycles. The molecule has 1 atom stereocenters. The Labute approximate surface area is 160 Å². The molecule has 0 bridgehead atoms. The zero-order valence-corrected chi connectivity index (χ0v) is 16.1. The van der Waals surface area contributed by atoms with Crippen molar-refractivity contribution >= 4 is 39.6 Å². The highest BCUT2D eigenvalue weighted by Crippen LogP contribution is 2.46. The van der Waals surface area contributed by atoms with E-state index in [1.807, 2.05) is 0 Å². The summed E-state index contributed by atoms with van der Waals surface area (Å²) in [6.07, 6.45) is 1.86. The van der Waals surface area contributed by atoms with Crippen molar-refractivity contribution in [3.8, 4) is 0 Å². The molecular formula is C18H21BrN2O5. The molecule has 1 aliphatic heterocycles. The lowest BCUT2D eigenvalue weighted by Gasteiger charge is -2.38. The van der Waals surface area contributed by atoms with Crippen LogP contribution >= 0.6 is 15.9 Å². The van der Waals surface area contributed by atoms with Gasteiger partial charge in [0.25, 0.3) is 5.91 Å². The number of halogens is 1. The fourth-order valence-electron chi connectivity index (χ4n) is 3.57. The van der Waals surface area contributed by atoms with Crippen molar-refractivity contribution in [2.24, 2.45) is 0 Å². The van der Waals surface area contributed by atoms with Gasteiger partial charge in [-0.3, -0.25) is 14.6 Å². The van der Waals surface area contributed by atoms with E-state index >= 15 is 0 Å². The lowest BCUT2D eigenvalue weighted by molar-refractivity contribution is -0.145. The molecule has 7 nitrogen and oxygen atoms in total. The van der Waals surface area contributed by atoms with Gasteiger partial charge in [-0.05, 0) is 56.4 Å². The van der Waals surface area contributed by atoms with Crippen molar-refractivity contribution in [3.05, 3.63) is 28.7 Å². The number of ether oxygens (including phenoxy) is 1. The predicted octanol–water partition coefficient (Wildman–Crippen LogP) is 3.02. The molecule has 1 saturated carbocycles. The average molecular weight is 425 g/mol. The fraction of sp³-hybridized carbons (Fsp3) is 0.500. The van der Waals surface area contributed by atoms with Gasteiger partial charge < -0.3 is 9.84 Å². The summed E-state index contributed by atoms with van der Waals surface area (Å²) in [5.41, 5.74) is -0.474. The number of carbonyl (C=O) groups excluding carboxylic acids is 2. The van der Waals surface area contributed by atoms with Gasteiger partial charge in [-0.25, -0.2) is 9.59 Å². The van der Waals surface area contributed by atoms with Gasteiger partial charge in [0.2, 0.25) is 0 Å². The molecule has 26 heavy (non-hydrogen) atoms. The van der Waals surface area contributed by atoms with E-state index in [4.69, 9.17) is 4.74 Å². The van der Waals surface area contributed by atoms with Crippen LogP contribution in [-0.4, -0.2) is 53.2 Å². The van der Waals surface area contributed by atoms with E-state index in [9.17, 15) is 19.5 Å². The summed E-state index contributed by atoms with van der Waals surface area (Å²) in [7, 11) is 1.30. The first-order valence-corrected chi connectivity index (χ1v) is 9.37. The summed E-state index contributed by atoms with van der Waals surface area (Å²) in [4.78, 5) is 40.1. The number of hydrogen-bond acceptors (Lipinski definition) is 4. The molecule has 2 amide bonds. The Balaban J connectivity index is 2.00. The molecule has 0 aromatic heterocycles. The van der Waals surface area contributed by atoms with Crippen LogP contribution in [0.15, 0.2) is 28.7 Å². The number of esters is 1. The smallest absolute Gasteiger partial charge is 0.407 e. The quantitative estimate of drug-likeness (QED) is 0.750. The van der Waals surface area contributed by atoms with Crippen LogP contribution < -0.4 is 4.90 Å². The number of piperidine rings is 1. The van der Waals surface area contributed by atoms with Gasteiger partial charge in [-0.1, -0.05) is 15.9 Å². The molecule has 1 N–H and O–H groups in total.